The van der Waals surface area contributed by atoms with Crippen molar-refractivity contribution in [1.29, 1.82) is 0 Å². The molecule has 0 amide bonds. The number of hydrogen-bond donors (Lipinski definition) is 1. The molecule has 0 unspecified atom stereocenters. The lowest BCUT2D eigenvalue weighted by molar-refractivity contribution is 0.0696. The van der Waals surface area contributed by atoms with Crippen molar-refractivity contribution in [2.75, 3.05) is 13.2 Å². The minimum absolute atomic E-state index is 0.0286. The highest BCUT2D eigenvalue weighted by molar-refractivity contribution is 6.33. The van der Waals surface area contributed by atoms with Crippen molar-refractivity contribution >= 4 is 17.6 Å². The van der Waals surface area contributed by atoms with E-state index in [1.807, 2.05) is 0 Å². The minimum atomic E-state index is -1.07. The lowest BCUT2D eigenvalue weighted by Crippen LogP contribution is -2.00. The van der Waals surface area contributed by atoms with Crippen LogP contribution in [0.15, 0.2) is 12.1 Å². The number of benzene rings is 1. The Morgan fingerprint density at radius 1 is 1.27 bits per heavy atom. The Hall–Kier alpha value is -1.42. The van der Waals surface area contributed by atoms with Gasteiger partial charge in [-0.15, -0.1) is 0 Å². The van der Waals surface area contributed by atoms with Gasteiger partial charge in [-0.25, -0.2) is 4.79 Å². The van der Waals surface area contributed by atoms with E-state index in [4.69, 9.17) is 26.2 Å². The number of aromatic carboxylic acids is 1. The second-order valence-electron chi connectivity index (χ2n) is 3.13. The zero-order valence-electron chi connectivity index (χ0n) is 7.83. The van der Waals surface area contributed by atoms with E-state index in [2.05, 4.69) is 0 Å². The molecule has 2 rings (SSSR count). The fraction of sp³-hybridized carbons (Fsp3) is 0.300. The van der Waals surface area contributed by atoms with Crippen LogP contribution >= 0.6 is 11.6 Å². The molecule has 0 atom stereocenters. The van der Waals surface area contributed by atoms with Crippen LogP contribution in [-0.2, 0) is 0 Å². The van der Waals surface area contributed by atoms with Crippen LogP contribution in [0.25, 0.3) is 0 Å². The largest absolute Gasteiger partial charge is 0.490 e. The normalized spacial score (nSPS) is 14.5. The SMILES string of the molecule is O=C(O)c1cc2c(cc1Cl)OCCCO2. The molecule has 1 aromatic rings. The third-order valence-corrected chi connectivity index (χ3v) is 2.38. The number of halogens is 1. The molecule has 0 fully saturated rings. The molecule has 0 spiro atoms. The molecule has 0 radical (unpaired) electrons. The summed E-state index contributed by atoms with van der Waals surface area (Å²) in [5.41, 5.74) is 0.0286. The Balaban J connectivity index is 2.47. The smallest absolute Gasteiger partial charge is 0.337 e. The van der Waals surface area contributed by atoms with Gasteiger partial charge in [0.15, 0.2) is 11.5 Å². The van der Waals surface area contributed by atoms with Gasteiger partial charge in [-0.3, -0.25) is 0 Å². The molecule has 1 aliphatic rings. The van der Waals surface area contributed by atoms with Gasteiger partial charge in [0.05, 0.1) is 23.8 Å². The van der Waals surface area contributed by atoms with Crippen LogP contribution < -0.4 is 9.47 Å². The van der Waals surface area contributed by atoms with Crippen LogP contribution in [0.5, 0.6) is 11.5 Å². The average molecular weight is 229 g/mol. The van der Waals surface area contributed by atoms with Gasteiger partial charge in [0.2, 0.25) is 0 Å². The van der Waals surface area contributed by atoms with Gasteiger partial charge in [-0.1, -0.05) is 11.6 Å². The summed E-state index contributed by atoms with van der Waals surface area (Å²) >= 11 is 5.79. The Kier molecular flexibility index (Phi) is 2.68. The summed E-state index contributed by atoms with van der Waals surface area (Å²) in [5, 5.41) is 9.02. The summed E-state index contributed by atoms with van der Waals surface area (Å²) < 4.78 is 10.7. The molecule has 5 heteroatoms. The van der Waals surface area contributed by atoms with Gasteiger partial charge < -0.3 is 14.6 Å². The molecule has 1 heterocycles. The second-order valence-corrected chi connectivity index (χ2v) is 3.54. The first kappa shape index (κ1) is 10.1. The Bertz CT molecular complexity index is 403. The van der Waals surface area contributed by atoms with E-state index in [0.717, 1.165) is 6.42 Å². The zero-order chi connectivity index (χ0) is 10.8. The molecule has 0 saturated carbocycles. The maximum atomic E-state index is 10.8. The van der Waals surface area contributed by atoms with Gasteiger partial charge >= 0.3 is 5.97 Å². The topological polar surface area (TPSA) is 55.8 Å². The molecule has 1 aliphatic heterocycles. The minimum Gasteiger partial charge on any atom is -0.490 e. The average Bonchev–Trinajstić information content (AvgIpc) is 2.40. The van der Waals surface area contributed by atoms with Crippen molar-refractivity contribution in [1.82, 2.24) is 0 Å². The first-order valence-corrected chi connectivity index (χ1v) is 4.88. The van der Waals surface area contributed by atoms with E-state index >= 15 is 0 Å². The third-order valence-electron chi connectivity index (χ3n) is 2.07. The molecule has 15 heavy (non-hydrogen) atoms. The summed E-state index contributed by atoms with van der Waals surface area (Å²) in [5.74, 6) is -0.132. The van der Waals surface area contributed by atoms with E-state index in [0.29, 0.717) is 24.7 Å². The van der Waals surface area contributed by atoms with E-state index in [1.54, 1.807) is 0 Å². The molecule has 80 valence electrons. The molecule has 4 nitrogen and oxygen atoms in total. The Morgan fingerprint density at radius 2 is 1.87 bits per heavy atom. The van der Waals surface area contributed by atoms with Crippen molar-refractivity contribution in [2.45, 2.75) is 6.42 Å². The summed E-state index contributed by atoms with van der Waals surface area (Å²) in [6.45, 7) is 1.07. The Labute approximate surface area is 91.4 Å². The van der Waals surface area contributed by atoms with Gasteiger partial charge in [-0.2, -0.15) is 0 Å². The molecule has 0 aromatic heterocycles. The van der Waals surface area contributed by atoms with Crippen molar-refractivity contribution < 1.29 is 19.4 Å². The van der Waals surface area contributed by atoms with E-state index in [1.165, 1.54) is 12.1 Å². The maximum absolute atomic E-state index is 10.8. The Morgan fingerprint density at radius 3 is 2.47 bits per heavy atom. The molecule has 0 saturated heterocycles. The number of carboxylic acid groups (broad SMARTS) is 1. The highest BCUT2D eigenvalue weighted by atomic mass is 35.5. The summed E-state index contributed by atoms with van der Waals surface area (Å²) in [6, 6.07) is 2.87. The molecule has 0 aliphatic carbocycles. The van der Waals surface area contributed by atoms with E-state index in [9.17, 15) is 4.79 Å². The van der Waals surface area contributed by atoms with Crippen LogP contribution in [-0.4, -0.2) is 24.3 Å². The van der Waals surface area contributed by atoms with Crippen LogP contribution in [0.3, 0.4) is 0 Å². The predicted octanol–water partition coefficient (Wildman–Crippen LogP) is 2.20. The number of rotatable bonds is 1. The van der Waals surface area contributed by atoms with Gasteiger partial charge in [0.25, 0.3) is 0 Å². The second kappa shape index (κ2) is 3.98. The molecular weight excluding hydrogens is 220 g/mol. The fourth-order valence-electron chi connectivity index (χ4n) is 1.35. The first-order valence-electron chi connectivity index (χ1n) is 4.51. The van der Waals surface area contributed by atoms with Crippen LogP contribution in [0.2, 0.25) is 5.02 Å². The first-order chi connectivity index (χ1) is 7.18. The van der Waals surface area contributed by atoms with Crippen molar-refractivity contribution in [3.63, 3.8) is 0 Å². The number of carboxylic acids is 1. The molecule has 1 aromatic carbocycles. The zero-order valence-corrected chi connectivity index (χ0v) is 8.58. The quantitative estimate of drug-likeness (QED) is 0.801. The maximum Gasteiger partial charge on any atom is 0.337 e. The summed E-state index contributed by atoms with van der Waals surface area (Å²) in [6.07, 6.45) is 0.773. The fourth-order valence-corrected chi connectivity index (χ4v) is 1.58. The number of hydrogen-bond acceptors (Lipinski definition) is 3. The lowest BCUT2D eigenvalue weighted by Gasteiger charge is -2.08. The summed E-state index contributed by atoms with van der Waals surface area (Å²) in [7, 11) is 0. The molecule has 0 bridgehead atoms. The van der Waals surface area contributed by atoms with Gasteiger partial charge in [-0.05, 0) is 0 Å². The number of carbonyl (C=O) groups is 1. The standard InChI is InChI=1S/C10H9ClO4/c11-7-5-9-8(4-6(7)10(12)13)14-2-1-3-15-9/h4-5H,1-3H2,(H,12,13). The highest BCUT2D eigenvalue weighted by Gasteiger charge is 2.17. The third kappa shape index (κ3) is 1.99. The number of ether oxygens (including phenoxy) is 2. The van der Waals surface area contributed by atoms with Gasteiger partial charge in [0, 0.05) is 18.6 Å². The van der Waals surface area contributed by atoms with Crippen molar-refractivity contribution in [2.24, 2.45) is 0 Å². The van der Waals surface area contributed by atoms with Crippen LogP contribution in [0.4, 0.5) is 0 Å². The van der Waals surface area contributed by atoms with Crippen LogP contribution in [0.1, 0.15) is 16.8 Å². The predicted molar refractivity (Wildman–Crippen MR) is 54.0 cm³/mol. The molecule has 1 N–H and O–H groups in total. The van der Waals surface area contributed by atoms with Crippen molar-refractivity contribution in [3.8, 4) is 11.5 Å². The lowest BCUT2D eigenvalue weighted by atomic mass is 10.2. The van der Waals surface area contributed by atoms with E-state index < -0.39 is 5.97 Å². The molecular formula is C10H9ClO4. The number of fused-ring (bicyclic) bond motifs is 1. The highest BCUT2D eigenvalue weighted by Crippen LogP contribution is 2.34. The van der Waals surface area contributed by atoms with Crippen molar-refractivity contribution in [3.05, 3.63) is 22.7 Å². The van der Waals surface area contributed by atoms with Gasteiger partial charge in [0.1, 0.15) is 0 Å². The summed E-state index contributed by atoms with van der Waals surface area (Å²) in [4.78, 5) is 10.8. The monoisotopic (exact) mass is 228 g/mol. The van der Waals surface area contributed by atoms with Crippen LogP contribution in [0, 0.1) is 0 Å². The van der Waals surface area contributed by atoms with E-state index in [-0.39, 0.29) is 10.6 Å².